The van der Waals surface area contributed by atoms with Crippen LogP contribution >= 0.6 is 0 Å². The van der Waals surface area contributed by atoms with Gasteiger partial charge in [0.1, 0.15) is 6.61 Å². The van der Waals surface area contributed by atoms with Crippen molar-refractivity contribution < 1.29 is 9.90 Å². The van der Waals surface area contributed by atoms with Crippen molar-refractivity contribution in [1.82, 2.24) is 4.98 Å². The molecule has 0 fully saturated rings. The molecule has 1 heterocycles. The molecular formula is C15H17N3O2. The van der Waals surface area contributed by atoms with Gasteiger partial charge in [-0.15, -0.1) is 0 Å². The topological polar surface area (TPSA) is 74.2 Å². The van der Waals surface area contributed by atoms with Gasteiger partial charge in [-0.05, 0) is 36.8 Å². The fraction of sp³-hybridized carbons (Fsp3) is 0.200. The van der Waals surface area contributed by atoms with Crippen molar-refractivity contribution in [3.8, 4) is 0 Å². The number of nitrogens with one attached hydrogen (secondary N) is 2. The Hall–Kier alpha value is -2.40. The van der Waals surface area contributed by atoms with Gasteiger partial charge in [0.25, 0.3) is 0 Å². The van der Waals surface area contributed by atoms with Crippen LogP contribution in [0.15, 0.2) is 42.6 Å². The van der Waals surface area contributed by atoms with E-state index in [1.807, 2.05) is 43.5 Å². The summed E-state index contributed by atoms with van der Waals surface area (Å²) < 4.78 is 0. The van der Waals surface area contributed by atoms with E-state index in [9.17, 15) is 4.79 Å². The van der Waals surface area contributed by atoms with Crippen LogP contribution in [0.25, 0.3) is 0 Å². The van der Waals surface area contributed by atoms with Crippen LogP contribution in [0.3, 0.4) is 0 Å². The van der Waals surface area contributed by atoms with Gasteiger partial charge in [0.15, 0.2) is 0 Å². The Kier molecular flexibility index (Phi) is 4.68. The Labute approximate surface area is 117 Å². The zero-order chi connectivity index (χ0) is 14.4. The summed E-state index contributed by atoms with van der Waals surface area (Å²) >= 11 is 0. The summed E-state index contributed by atoms with van der Waals surface area (Å²) in [6.07, 6.45) is 1.83. The lowest BCUT2D eigenvalue weighted by Gasteiger charge is -2.09. The maximum atomic E-state index is 11.1. The van der Waals surface area contributed by atoms with Gasteiger partial charge in [-0.2, -0.15) is 0 Å². The summed E-state index contributed by atoms with van der Waals surface area (Å²) in [5, 5.41) is 14.5. The van der Waals surface area contributed by atoms with E-state index in [-0.39, 0.29) is 0 Å². The molecule has 0 aliphatic heterocycles. The number of hydrogen-bond acceptors (Lipinski definition) is 4. The molecule has 0 radical (unpaired) electrons. The number of aliphatic hydroxyl groups excluding tert-OH is 1. The van der Waals surface area contributed by atoms with Crippen LogP contribution in [0, 0.1) is 6.92 Å². The molecule has 2 aromatic rings. The van der Waals surface area contributed by atoms with Crippen LogP contribution < -0.4 is 10.6 Å². The van der Waals surface area contributed by atoms with Crippen LogP contribution in [0.5, 0.6) is 0 Å². The summed E-state index contributed by atoms with van der Waals surface area (Å²) in [6, 6.07) is 11.3. The molecule has 0 bridgehead atoms. The van der Waals surface area contributed by atoms with E-state index in [0.717, 1.165) is 16.9 Å². The zero-order valence-electron chi connectivity index (χ0n) is 11.3. The number of aromatic nitrogens is 1. The number of nitrogens with zero attached hydrogens (tertiary/aromatic N) is 1. The molecule has 0 aliphatic rings. The number of carbonyl (C=O) groups excluding carboxylic acids is 1. The SMILES string of the molecule is Cc1ccc(CNc2cccc(NC(=O)CO)c2)nc1. The molecule has 2 rings (SSSR count). The molecule has 3 N–H and O–H groups in total. The largest absolute Gasteiger partial charge is 0.387 e. The number of aryl methyl sites for hydroxylation is 1. The highest BCUT2D eigenvalue weighted by atomic mass is 16.3. The minimum absolute atomic E-state index is 0.428. The van der Waals surface area contributed by atoms with Gasteiger partial charge >= 0.3 is 0 Å². The lowest BCUT2D eigenvalue weighted by atomic mass is 10.2. The smallest absolute Gasteiger partial charge is 0.250 e. The van der Waals surface area contributed by atoms with E-state index in [2.05, 4.69) is 15.6 Å². The second kappa shape index (κ2) is 6.68. The van der Waals surface area contributed by atoms with Crippen molar-refractivity contribution in [2.75, 3.05) is 17.2 Å². The van der Waals surface area contributed by atoms with Gasteiger partial charge in [-0.1, -0.05) is 12.1 Å². The maximum Gasteiger partial charge on any atom is 0.250 e. The molecule has 5 heteroatoms. The quantitative estimate of drug-likeness (QED) is 0.777. The normalized spacial score (nSPS) is 10.1. The standard InChI is InChI=1S/C15H17N3O2/c1-11-5-6-14(16-8-11)9-17-12-3-2-4-13(7-12)18-15(20)10-19/h2-8,17,19H,9-10H2,1H3,(H,18,20). The molecule has 1 aromatic carbocycles. The first-order valence-corrected chi connectivity index (χ1v) is 6.33. The monoisotopic (exact) mass is 271 g/mol. The van der Waals surface area contributed by atoms with Crippen LogP contribution in [0.4, 0.5) is 11.4 Å². The first-order chi connectivity index (χ1) is 9.67. The molecule has 104 valence electrons. The van der Waals surface area contributed by atoms with E-state index >= 15 is 0 Å². The first kappa shape index (κ1) is 14.0. The van der Waals surface area contributed by atoms with E-state index in [1.165, 1.54) is 0 Å². The number of pyridine rings is 1. The van der Waals surface area contributed by atoms with Crippen LogP contribution in [0.2, 0.25) is 0 Å². The molecule has 1 amide bonds. The molecular weight excluding hydrogens is 254 g/mol. The third-order valence-corrected chi connectivity index (χ3v) is 2.74. The van der Waals surface area contributed by atoms with Crippen LogP contribution in [-0.4, -0.2) is 22.6 Å². The number of benzene rings is 1. The Morgan fingerprint density at radius 1 is 1.25 bits per heavy atom. The number of carbonyl (C=O) groups is 1. The van der Waals surface area contributed by atoms with Gasteiger partial charge < -0.3 is 15.7 Å². The van der Waals surface area contributed by atoms with E-state index in [0.29, 0.717) is 12.2 Å². The minimum atomic E-state index is -0.523. The van der Waals surface area contributed by atoms with Crippen molar-refractivity contribution in [3.63, 3.8) is 0 Å². The Balaban J connectivity index is 1.97. The van der Waals surface area contributed by atoms with Crippen molar-refractivity contribution in [2.45, 2.75) is 13.5 Å². The minimum Gasteiger partial charge on any atom is -0.387 e. The first-order valence-electron chi connectivity index (χ1n) is 6.33. The summed E-state index contributed by atoms with van der Waals surface area (Å²) in [5.74, 6) is -0.428. The maximum absolute atomic E-state index is 11.1. The van der Waals surface area contributed by atoms with Gasteiger partial charge in [-0.3, -0.25) is 9.78 Å². The summed E-state index contributed by atoms with van der Waals surface area (Å²) in [5.41, 5.74) is 3.59. The molecule has 20 heavy (non-hydrogen) atoms. The fourth-order valence-corrected chi connectivity index (χ4v) is 1.70. The lowest BCUT2D eigenvalue weighted by molar-refractivity contribution is -0.118. The highest BCUT2D eigenvalue weighted by molar-refractivity contribution is 5.91. The van der Waals surface area contributed by atoms with E-state index in [1.54, 1.807) is 6.07 Å². The van der Waals surface area contributed by atoms with Crippen molar-refractivity contribution in [2.24, 2.45) is 0 Å². The van der Waals surface area contributed by atoms with Gasteiger partial charge in [0.2, 0.25) is 5.91 Å². The van der Waals surface area contributed by atoms with Gasteiger partial charge in [0.05, 0.1) is 12.2 Å². The molecule has 0 saturated heterocycles. The second-order valence-corrected chi connectivity index (χ2v) is 4.47. The molecule has 0 spiro atoms. The average Bonchev–Trinajstić information content (AvgIpc) is 2.47. The fourth-order valence-electron chi connectivity index (χ4n) is 1.70. The van der Waals surface area contributed by atoms with Crippen LogP contribution in [0.1, 0.15) is 11.3 Å². The summed E-state index contributed by atoms with van der Waals surface area (Å²) in [7, 11) is 0. The van der Waals surface area contributed by atoms with Crippen molar-refractivity contribution in [1.29, 1.82) is 0 Å². The number of hydrogen-bond donors (Lipinski definition) is 3. The number of amides is 1. The number of rotatable bonds is 5. The van der Waals surface area contributed by atoms with Gasteiger partial charge in [-0.25, -0.2) is 0 Å². The average molecular weight is 271 g/mol. The molecule has 0 unspecified atom stereocenters. The predicted octanol–water partition coefficient (Wildman–Crippen LogP) is 1.93. The van der Waals surface area contributed by atoms with Crippen molar-refractivity contribution in [3.05, 3.63) is 53.9 Å². The highest BCUT2D eigenvalue weighted by Crippen LogP contribution is 2.15. The summed E-state index contributed by atoms with van der Waals surface area (Å²) in [4.78, 5) is 15.4. The molecule has 0 atom stereocenters. The summed E-state index contributed by atoms with van der Waals surface area (Å²) in [6.45, 7) is 2.08. The van der Waals surface area contributed by atoms with E-state index < -0.39 is 12.5 Å². The molecule has 1 aromatic heterocycles. The Morgan fingerprint density at radius 3 is 2.75 bits per heavy atom. The number of anilines is 2. The number of aliphatic hydroxyl groups is 1. The van der Waals surface area contributed by atoms with Crippen molar-refractivity contribution >= 4 is 17.3 Å². The second-order valence-electron chi connectivity index (χ2n) is 4.47. The molecule has 5 nitrogen and oxygen atoms in total. The van der Waals surface area contributed by atoms with Gasteiger partial charge in [0, 0.05) is 17.6 Å². The highest BCUT2D eigenvalue weighted by Gasteiger charge is 2.01. The predicted molar refractivity (Wildman–Crippen MR) is 78.5 cm³/mol. The Morgan fingerprint density at radius 2 is 2.05 bits per heavy atom. The third-order valence-electron chi connectivity index (χ3n) is 2.74. The third kappa shape index (κ3) is 4.07. The Bertz CT molecular complexity index is 582. The molecule has 0 saturated carbocycles. The zero-order valence-corrected chi connectivity index (χ0v) is 11.3. The molecule has 0 aliphatic carbocycles. The van der Waals surface area contributed by atoms with Crippen LogP contribution in [-0.2, 0) is 11.3 Å². The van der Waals surface area contributed by atoms with E-state index in [4.69, 9.17) is 5.11 Å². The lowest BCUT2D eigenvalue weighted by Crippen LogP contribution is -2.15.